The minimum Gasteiger partial charge on any atom is -0.348 e. The first-order valence-corrected chi connectivity index (χ1v) is 10.7. The van der Waals surface area contributed by atoms with Gasteiger partial charge >= 0.3 is 0 Å². The molecule has 1 atom stereocenters. The standard InChI is InChI=1S/C24H33N3O/c1-3-20-9-11-22(12-10-20)17-26(2)19-24(28)25-23-13-15-27(16-14-23)18-21-7-5-4-6-8-21/h4-12,23H,3,13-19H2,1-2H3,(H,25,28)/p+2. The number of likely N-dealkylation sites (tertiary alicyclic amines) is 1. The fourth-order valence-corrected chi connectivity index (χ4v) is 4.09. The molecular weight excluding hydrogens is 346 g/mol. The summed E-state index contributed by atoms with van der Waals surface area (Å²) < 4.78 is 0. The molecule has 1 heterocycles. The van der Waals surface area contributed by atoms with E-state index in [0.29, 0.717) is 12.6 Å². The number of likely N-dealkylation sites (N-methyl/N-ethyl adjacent to an activating group) is 1. The van der Waals surface area contributed by atoms with Crippen molar-refractivity contribution < 1.29 is 14.6 Å². The van der Waals surface area contributed by atoms with Gasteiger partial charge in [0, 0.05) is 30.0 Å². The number of rotatable bonds is 8. The molecule has 0 spiro atoms. The molecule has 4 nitrogen and oxygen atoms in total. The maximum atomic E-state index is 12.4. The minimum absolute atomic E-state index is 0.180. The molecule has 1 aliphatic rings. The average molecular weight is 382 g/mol. The summed E-state index contributed by atoms with van der Waals surface area (Å²) in [5.74, 6) is 0.180. The predicted octanol–water partition coefficient (Wildman–Crippen LogP) is 0.627. The van der Waals surface area contributed by atoms with E-state index in [1.165, 1.54) is 21.6 Å². The molecule has 0 radical (unpaired) electrons. The first kappa shape index (κ1) is 20.6. The van der Waals surface area contributed by atoms with Gasteiger partial charge in [0.2, 0.25) is 0 Å². The van der Waals surface area contributed by atoms with Crippen molar-refractivity contribution in [2.45, 2.75) is 45.3 Å². The second-order valence-corrected chi connectivity index (χ2v) is 8.23. The Labute approximate surface area is 169 Å². The summed E-state index contributed by atoms with van der Waals surface area (Å²) in [6.45, 7) is 6.94. The van der Waals surface area contributed by atoms with Crippen LogP contribution in [0.25, 0.3) is 0 Å². The van der Waals surface area contributed by atoms with E-state index >= 15 is 0 Å². The summed E-state index contributed by atoms with van der Waals surface area (Å²) in [6, 6.07) is 19.8. The first-order chi connectivity index (χ1) is 13.6. The molecule has 150 valence electrons. The van der Waals surface area contributed by atoms with Gasteiger partial charge in [0.05, 0.1) is 20.1 Å². The van der Waals surface area contributed by atoms with Crippen molar-refractivity contribution in [3.63, 3.8) is 0 Å². The van der Waals surface area contributed by atoms with Gasteiger partial charge in [-0.15, -0.1) is 0 Å². The van der Waals surface area contributed by atoms with Crippen molar-refractivity contribution >= 4 is 5.91 Å². The Morgan fingerprint density at radius 3 is 2.29 bits per heavy atom. The zero-order chi connectivity index (χ0) is 19.8. The van der Waals surface area contributed by atoms with Crippen LogP contribution in [-0.2, 0) is 24.3 Å². The van der Waals surface area contributed by atoms with Crippen molar-refractivity contribution in [3.05, 3.63) is 71.3 Å². The maximum Gasteiger partial charge on any atom is 0.275 e. The van der Waals surface area contributed by atoms with E-state index < -0.39 is 0 Å². The first-order valence-electron chi connectivity index (χ1n) is 10.7. The number of aryl methyl sites for hydroxylation is 1. The van der Waals surface area contributed by atoms with Gasteiger partial charge in [0.25, 0.3) is 5.91 Å². The zero-order valence-electron chi connectivity index (χ0n) is 17.3. The average Bonchev–Trinajstić information content (AvgIpc) is 2.70. The van der Waals surface area contributed by atoms with Gasteiger partial charge in [-0.1, -0.05) is 61.5 Å². The highest BCUT2D eigenvalue weighted by molar-refractivity contribution is 5.77. The number of carbonyl (C=O) groups is 1. The highest BCUT2D eigenvalue weighted by Crippen LogP contribution is 2.04. The quantitative estimate of drug-likeness (QED) is 0.617. The van der Waals surface area contributed by atoms with Crippen LogP contribution >= 0.6 is 0 Å². The molecule has 0 aromatic heterocycles. The Balaban J connectivity index is 1.36. The Bertz CT molecular complexity index is 721. The number of quaternary nitrogens is 2. The lowest BCUT2D eigenvalue weighted by molar-refractivity contribution is -0.918. The van der Waals surface area contributed by atoms with E-state index in [1.54, 1.807) is 4.90 Å². The van der Waals surface area contributed by atoms with E-state index in [4.69, 9.17) is 0 Å². The number of piperidine rings is 1. The number of hydrogen-bond acceptors (Lipinski definition) is 1. The largest absolute Gasteiger partial charge is 0.348 e. The monoisotopic (exact) mass is 381 g/mol. The molecule has 0 saturated carbocycles. The molecule has 2 aromatic rings. The van der Waals surface area contributed by atoms with E-state index in [-0.39, 0.29) is 5.91 Å². The van der Waals surface area contributed by atoms with Crippen LogP contribution in [0.3, 0.4) is 0 Å². The van der Waals surface area contributed by atoms with Crippen molar-refractivity contribution in [2.24, 2.45) is 0 Å². The van der Waals surface area contributed by atoms with E-state index in [1.807, 2.05) is 0 Å². The van der Waals surface area contributed by atoms with E-state index in [0.717, 1.165) is 45.4 Å². The second-order valence-electron chi connectivity index (χ2n) is 8.23. The Hall–Kier alpha value is -2.17. The summed E-state index contributed by atoms with van der Waals surface area (Å²) in [4.78, 5) is 15.3. The SMILES string of the molecule is CCc1ccc(C[NH+](C)CC(=O)NC2CC[NH+](Cc3ccccc3)CC2)cc1. The molecule has 0 aliphatic carbocycles. The maximum absolute atomic E-state index is 12.4. The Morgan fingerprint density at radius 1 is 1.00 bits per heavy atom. The number of nitrogens with one attached hydrogen (secondary N) is 3. The van der Waals surface area contributed by atoms with Crippen molar-refractivity contribution in [3.8, 4) is 0 Å². The smallest absolute Gasteiger partial charge is 0.275 e. The topological polar surface area (TPSA) is 38.0 Å². The molecule has 3 N–H and O–H groups in total. The molecule has 1 amide bonds. The summed E-state index contributed by atoms with van der Waals surface area (Å²) in [5.41, 5.74) is 4.05. The minimum atomic E-state index is 0.180. The lowest BCUT2D eigenvalue weighted by atomic mass is 10.0. The lowest BCUT2D eigenvalue weighted by Gasteiger charge is -2.30. The van der Waals surface area contributed by atoms with Crippen LogP contribution in [0.5, 0.6) is 0 Å². The van der Waals surface area contributed by atoms with Crippen LogP contribution in [0.15, 0.2) is 54.6 Å². The molecule has 1 saturated heterocycles. The molecular formula is C24H35N3O+2. The van der Waals surface area contributed by atoms with Crippen LogP contribution in [0.1, 0.15) is 36.5 Å². The molecule has 3 rings (SSSR count). The predicted molar refractivity (Wildman–Crippen MR) is 113 cm³/mol. The summed E-state index contributed by atoms with van der Waals surface area (Å²) in [7, 11) is 2.10. The molecule has 0 bridgehead atoms. The van der Waals surface area contributed by atoms with Crippen LogP contribution in [-0.4, -0.2) is 38.6 Å². The third-order valence-electron chi connectivity index (χ3n) is 5.75. The summed E-state index contributed by atoms with van der Waals surface area (Å²) in [6.07, 6.45) is 3.22. The van der Waals surface area contributed by atoms with E-state index in [2.05, 4.69) is 73.9 Å². The fourth-order valence-electron chi connectivity index (χ4n) is 4.09. The molecule has 28 heavy (non-hydrogen) atoms. The second kappa shape index (κ2) is 10.4. The van der Waals surface area contributed by atoms with Crippen LogP contribution in [0.2, 0.25) is 0 Å². The molecule has 1 aliphatic heterocycles. The van der Waals surface area contributed by atoms with Crippen molar-refractivity contribution in [2.75, 3.05) is 26.7 Å². The summed E-state index contributed by atoms with van der Waals surface area (Å²) in [5, 5.41) is 3.27. The Kier molecular flexibility index (Phi) is 7.63. The normalized spacial score (nSPS) is 20.5. The highest BCUT2D eigenvalue weighted by atomic mass is 16.2. The summed E-state index contributed by atoms with van der Waals surface area (Å²) >= 11 is 0. The van der Waals surface area contributed by atoms with Gasteiger partial charge in [-0.3, -0.25) is 4.79 Å². The van der Waals surface area contributed by atoms with Gasteiger partial charge in [-0.2, -0.15) is 0 Å². The number of amides is 1. The van der Waals surface area contributed by atoms with E-state index in [9.17, 15) is 4.79 Å². The van der Waals surface area contributed by atoms with Gasteiger partial charge in [0.15, 0.2) is 6.54 Å². The third-order valence-corrected chi connectivity index (χ3v) is 5.75. The Morgan fingerprint density at radius 2 is 1.64 bits per heavy atom. The van der Waals surface area contributed by atoms with Gasteiger partial charge in [-0.25, -0.2) is 0 Å². The van der Waals surface area contributed by atoms with Crippen LogP contribution < -0.4 is 15.1 Å². The van der Waals surface area contributed by atoms with Gasteiger partial charge in [-0.05, 0) is 12.0 Å². The zero-order valence-corrected chi connectivity index (χ0v) is 17.3. The van der Waals surface area contributed by atoms with Gasteiger partial charge in [0.1, 0.15) is 13.1 Å². The molecule has 1 unspecified atom stereocenters. The van der Waals surface area contributed by atoms with Crippen molar-refractivity contribution in [1.82, 2.24) is 5.32 Å². The van der Waals surface area contributed by atoms with Crippen molar-refractivity contribution in [1.29, 1.82) is 0 Å². The number of hydrogen-bond donors (Lipinski definition) is 3. The fraction of sp³-hybridized carbons (Fsp3) is 0.458. The van der Waals surface area contributed by atoms with Crippen LogP contribution in [0.4, 0.5) is 0 Å². The molecule has 1 fully saturated rings. The highest BCUT2D eigenvalue weighted by Gasteiger charge is 2.24. The molecule has 2 aromatic carbocycles. The third kappa shape index (κ3) is 6.47. The van der Waals surface area contributed by atoms with Crippen LogP contribution in [0, 0.1) is 0 Å². The lowest BCUT2D eigenvalue weighted by Crippen LogP contribution is -3.12. The number of benzene rings is 2. The molecule has 4 heteroatoms. The number of carbonyl (C=O) groups excluding carboxylic acids is 1. The van der Waals surface area contributed by atoms with Gasteiger partial charge < -0.3 is 15.1 Å².